The van der Waals surface area contributed by atoms with Crippen LogP contribution in [-0.2, 0) is 9.53 Å². The summed E-state index contributed by atoms with van der Waals surface area (Å²) in [4.78, 5) is 38.2. The molecule has 0 spiro atoms. The van der Waals surface area contributed by atoms with Crippen LogP contribution in [0.2, 0.25) is 0 Å². The van der Waals surface area contributed by atoms with Gasteiger partial charge >= 0.3 is 6.09 Å². The summed E-state index contributed by atoms with van der Waals surface area (Å²) in [7, 11) is 0. The quantitative estimate of drug-likeness (QED) is 0.708. The summed E-state index contributed by atoms with van der Waals surface area (Å²) in [6, 6.07) is 7.09. The van der Waals surface area contributed by atoms with Crippen LogP contribution in [0.1, 0.15) is 57.3 Å². The van der Waals surface area contributed by atoms with Crippen LogP contribution < -0.4 is 15.4 Å². The lowest BCUT2D eigenvalue weighted by Gasteiger charge is -2.32. The average molecular weight is 420 g/mol. The topological polar surface area (TPSA) is 97.0 Å². The Bertz CT molecular complexity index is 719. The normalized spacial score (nSPS) is 14.7. The van der Waals surface area contributed by atoms with Gasteiger partial charge in [-0.15, -0.1) is 0 Å². The number of piperidine rings is 1. The molecule has 0 aliphatic carbocycles. The van der Waals surface area contributed by atoms with Gasteiger partial charge in [-0.3, -0.25) is 9.59 Å². The summed E-state index contributed by atoms with van der Waals surface area (Å²) < 4.78 is 10.5. The van der Waals surface area contributed by atoms with Gasteiger partial charge in [0.05, 0.1) is 6.61 Å². The van der Waals surface area contributed by atoms with Crippen molar-refractivity contribution < 1.29 is 23.9 Å². The average Bonchev–Trinajstić information content (AvgIpc) is 2.68. The maximum absolute atomic E-state index is 12.4. The van der Waals surface area contributed by atoms with Crippen molar-refractivity contribution in [2.45, 2.75) is 58.6 Å². The second-order valence-electron chi connectivity index (χ2n) is 8.26. The number of benzene rings is 1. The van der Waals surface area contributed by atoms with E-state index < -0.39 is 11.7 Å². The summed E-state index contributed by atoms with van der Waals surface area (Å²) in [6.45, 7) is 9.26. The molecule has 1 aromatic rings. The third kappa shape index (κ3) is 7.93. The number of carbonyl (C=O) groups is 3. The molecule has 166 valence electrons. The highest BCUT2D eigenvalue weighted by atomic mass is 16.6. The fourth-order valence-electron chi connectivity index (χ4n) is 3.15. The van der Waals surface area contributed by atoms with Crippen LogP contribution in [0.25, 0.3) is 0 Å². The molecule has 1 aliphatic heterocycles. The molecule has 8 nitrogen and oxygen atoms in total. The number of alkyl carbamates (subject to hydrolysis) is 1. The summed E-state index contributed by atoms with van der Waals surface area (Å²) in [5.74, 6) is 0.605. The smallest absolute Gasteiger partial charge is 0.407 e. The first kappa shape index (κ1) is 23.5. The van der Waals surface area contributed by atoms with Gasteiger partial charge in [0, 0.05) is 37.7 Å². The maximum Gasteiger partial charge on any atom is 0.407 e. The Kier molecular flexibility index (Phi) is 8.50. The Morgan fingerprint density at radius 3 is 2.30 bits per heavy atom. The van der Waals surface area contributed by atoms with Gasteiger partial charge in [0.1, 0.15) is 11.4 Å². The van der Waals surface area contributed by atoms with E-state index in [9.17, 15) is 14.4 Å². The Balaban J connectivity index is 1.69. The lowest BCUT2D eigenvalue weighted by atomic mass is 10.0. The van der Waals surface area contributed by atoms with Gasteiger partial charge in [-0.2, -0.15) is 0 Å². The number of nitrogens with one attached hydrogen (secondary N) is 2. The molecule has 30 heavy (non-hydrogen) atoms. The minimum atomic E-state index is -0.564. The van der Waals surface area contributed by atoms with Crippen LogP contribution >= 0.6 is 0 Å². The molecule has 0 atom stereocenters. The molecule has 1 heterocycles. The number of carbonyl (C=O) groups excluding carboxylic acids is 3. The van der Waals surface area contributed by atoms with Crippen molar-refractivity contribution in [2.75, 3.05) is 26.2 Å². The van der Waals surface area contributed by atoms with E-state index in [1.165, 1.54) is 0 Å². The number of ether oxygens (including phenoxy) is 2. The zero-order valence-corrected chi connectivity index (χ0v) is 18.3. The van der Waals surface area contributed by atoms with Crippen LogP contribution in [0.3, 0.4) is 0 Å². The minimum absolute atomic E-state index is 0.0117. The fourth-order valence-corrected chi connectivity index (χ4v) is 3.15. The zero-order valence-electron chi connectivity index (χ0n) is 18.3. The molecular formula is C22H33N3O5. The Morgan fingerprint density at radius 2 is 1.73 bits per heavy atom. The number of hydrogen-bond donors (Lipinski definition) is 2. The van der Waals surface area contributed by atoms with Crippen LogP contribution in [-0.4, -0.2) is 60.7 Å². The van der Waals surface area contributed by atoms with Crippen molar-refractivity contribution in [3.63, 3.8) is 0 Å². The van der Waals surface area contributed by atoms with Gasteiger partial charge in [0.25, 0.3) is 5.91 Å². The van der Waals surface area contributed by atoms with Crippen molar-refractivity contribution in [1.82, 2.24) is 15.5 Å². The van der Waals surface area contributed by atoms with Crippen molar-refractivity contribution >= 4 is 17.9 Å². The van der Waals surface area contributed by atoms with Crippen LogP contribution in [0, 0.1) is 0 Å². The number of rotatable bonds is 7. The molecule has 0 saturated carbocycles. The van der Waals surface area contributed by atoms with E-state index in [1.54, 1.807) is 49.9 Å². The SMILES string of the molecule is CCOc1ccc(C(=O)NC2CCN(C(=O)CCNC(=O)OC(C)(C)C)CC2)cc1. The molecule has 0 radical (unpaired) electrons. The Morgan fingerprint density at radius 1 is 1.10 bits per heavy atom. The summed E-state index contributed by atoms with van der Waals surface area (Å²) >= 11 is 0. The van der Waals surface area contributed by atoms with Gasteiger partial charge in [-0.1, -0.05) is 0 Å². The van der Waals surface area contributed by atoms with Crippen molar-refractivity contribution in [3.8, 4) is 5.75 Å². The summed E-state index contributed by atoms with van der Waals surface area (Å²) in [5.41, 5.74) is 0.0244. The number of hydrogen-bond acceptors (Lipinski definition) is 5. The predicted octanol–water partition coefficient (Wildman–Crippen LogP) is 2.72. The van der Waals surface area contributed by atoms with Crippen LogP contribution in [0.4, 0.5) is 4.79 Å². The van der Waals surface area contributed by atoms with Crippen molar-refractivity contribution in [2.24, 2.45) is 0 Å². The molecule has 1 saturated heterocycles. The van der Waals surface area contributed by atoms with Gasteiger partial charge < -0.3 is 25.0 Å². The lowest BCUT2D eigenvalue weighted by molar-refractivity contribution is -0.132. The van der Waals surface area contributed by atoms with E-state index in [2.05, 4.69) is 10.6 Å². The molecule has 8 heteroatoms. The molecule has 3 amide bonds. The first-order valence-corrected chi connectivity index (χ1v) is 10.5. The largest absolute Gasteiger partial charge is 0.494 e. The van der Waals surface area contributed by atoms with E-state index in [4.69, 9.17) is 9.47 Å². The summed E-state index contributed by atoms with van der Waals surface area (Å²) in [6.07, 6.45) is 1.11. The first-order valence-electron chi connectivity index (χ1n) is 10.5. The van der Waals surface area contributed by atoms with Gasteiger partial charge in [0.15, 0.2) is 0 Å². The first-order chi connectivity index (χ1) is 14.2. The van der Waals surface area contributed by atoms with Crippen LogP contribution in [0.15, 0.2) is 24.3 Å². The van der Waals surface area contributed by atoms with Gasteiger partial charge in [0.2, 0.25) is 5.91 Å². The predicted molar refractivity (Wildman–Crippen MR) is 114 cm³/mol. The van der Waals surface area contributed by atoms with E-state index in [-0.39, 0.29) is 30.8 Å². The zero-order chi connectivity index (χ0) is 22.1. The maximum atomic E-state index is 12.4. The lowest BCUT2D eigenvalue weighted by Crippen LogP contribution is -2.47. The Labute approximate surface area is 178 Å². The highest BCUT2D eigenvalue weighted by Crippen LogP contribution is 2.15. The molecule has 0 bridgehead atoms. The molecule has 2 rings (SSSR count). The van der Waals surface area contributed by atoms with Gasteiger partial charge in [-0.05, 0) is 64.8 Å². The molecule has 1 fully saturated rings. The second-order valence-corrected chi connectivity index (χ2v) is 8.26. The van der Waals surface area contributed by atoms with Crippen LogP contribution in [0.5, 0.6) is 5.75 Å². The highest BCUT2D eigenvalue weighted by molar-refractivity contribution is 5.94. The van der Waals surface area contributed by atoms with Gasteiger partial charge in [-0.25, -0.2) is 4.79 Å². The minimum Gasteiger partial charge on any atom is -0.494 e. The van der Waals surface area contributed by atoms with Crippen molar-refractivity contribution in [3.05, 3.63) is 29.8 Å². The van der Waals surface area contributed by atoms with E-state index in [0.717, 1.165) is 5.75 Å². The molecular weight excluding hydrogens is 386 g/mol. The standard InChI is InChI=1S/C22H33N3O5/c1-5-29-18-8-6-16(7-9-18)20(27)24-17-11-14-25(15-12-17)19(26)10-13-23-21(28)30-22(2,3)4/h6-9,17H,5,10-15H2,1-4H3,(H,23,28)(H,24,27). The molecule has 1 aromatic carbocycles. The van der Waals surface area contributed by atoms with E-state index >= 15 is 0 Å². The number of likely N-dealkylation sites (tertiary alicyclic amines) is 1. The number of nitrogens with zero attached hydrogens (tertiary/aromatic N) is 1. The number of amides is 3. The fraction of sp³-hybridized carbons (Fsp3) is 0.591. The third-order valence-electron chi connectivity index (χ3n) is 4.62. The molecule has 0 aromatic heterocycles. The van der Waals surface area contributed by atoms with E-state index in [1.807, 2.05) is 6.92 Å². The highest BCUT2D eigenvalue weighted by Gasteiger charge is 2.24. The molecule has 1 aliphatic rings. The van der Waals surface area contributed by atoms with E-state index in [0.29, 0.717) is 38.1 Å². The molecule has 2 N–H and O–H groups in total. The second kappa shape index (κ2) is 10.8. The third-order valence-corrected chi connectivity index (χ3v) is 4.62. The summed E-state index contributed by atoms with van der Waals surface area (Å²) in [5, 5.41) is 5.63. The molecule has 0 unspecified atom stereocenters. The van der Waals surface area contributed by atoms with Crippen molar-refractivity contribution in [1.29, 1.82) is 0 Å². The Hall–Kier alpha value is -2.77. The monoisotopic (exact) mass is 419 g/mol.